The summed E-state index contributed by atoms with van der Waals surface area (Å²) in [6, 6.07) is 7.10. The van der Waals surface area contributed by atoms with Crippen molar-refractivity contribution in [3.63, 3.8) is 0 Å². The Morgan fingerprint density at radius 1 is 1.08 bits per heavy atom. The molecule has 2 nitrogen and oxygen atoms in total. The van der Waals surface area contributed by atoms with Crippen LogP contribution in [0.5, 0.6) is 5.75 Å². The van der Waals surface area contributed by atoms with E-state index in [9.17, 15) is 0 Å². The van der Waals surface area contributed by atoms with Crippen LogP contribution in [0, 0.1) is 0 Å². The molecule has 0 spiro atoms. The van der Waals surface area contributed by atoms with E-state index in [1.165, 1.54) is 5.56 Å². The Labute approximate surface area is 84.6 Å². The highest BCUT2D eigenvalue weighted by Crippen LogP contribution is 2.09. The van der Waals surface area contributed by atoms with Gasteiger partial charge < -0.3 is 10.8 Å². The predicted molar refractivity (Wildman–Crippen MR) is 55.4 cm³/mol. The molecule has 0 saturated carbocycles. The van der Waals surface area contributed by atoms with Crippen LogP contribution < -0.4 is 5.73 Å². The summed E-state index contributed by atoms with van der Waals surface area (Å²) in [6.07, 6.45) is 0.875. The molecule has 1 aromatic rings. The third-order valence-electron chi connectivity index (χ3n) is 1.37. The van der Waals surface area contributed by atoms with E-state index in [1.54, 1.807) is 12.1 Å². The average molecular weight is 210 g/mol. The lowest BCUT2D eigenvalue weighted by molar-refractivity contribution is 0.475. The molecule has 0 amide bonds. The molecule has 0 aliphatic rings. The van der Waals surface area contributed by atoms with Gasteiger partial charge in [0.15, 0.2) is 0 Å². The zero-order valence-electron chi connectivity index (χ0n) is 6.56. The molecule has 0 saturated heterocycles. The zero-order chi connectivity index (χ0) is 7.40. The predicted octanol–water partition coefficient (Wildman–Crippen LogP) is 1.74. The highest BCUT2D eigenvalue weighted by molar-refractivity contribution is 5.85. The van der Waals surface area contributed by atoms with Crippen LogP contribution in [0.2, 0.25) is 0 Å². The highest BCUT2D eigenvalue weighted by atomic mass is 35.5. The lowest BCUT2D eigenvalue weighted by Gasteiger charge is -1.96. The molecule has 0 radical (unpaired) electrons. The molecule has 0 heterocycles. The number of rotatable bonds is 2. The second-order valence-corrected chi connectivity index (χ2v) is 2.21. The van der Waals surface area contributed by atoms with E-state index in [2.05, 4.69) is 0 Å². The number of phenols is 1. The molecular formula is C8H13Cl2NO. The summed E-state index contributed by atoms with van der Waals surface area (Å²) in [5.41, 5.74) is 6.50. The van der Waals surface area contributed by atoms with Crippen LogP contribution in [0.25, 0.3) is 0 Å². The number of benzene rings is 1. The second-order valence-electron chi connectivity index (χ2n) is 2.21. The minimum absolute atomic E-state index is 0. The van der Waals surface area contributed by atoms with E-state index < -0.39 is 0 Å². The Balaban J connectivity index is 0. The van der Waals surface area contributed by atoms with Crippen LogP contribution in [0.1, 0.15) is 5.56 Å². The summed E-state index contributed by atoms with van der Waals surface area (Å²) in [5, 5.41) is 8.89. The lowest BCUT2D eigenvalue weighted by Crippen LogP contribution is -2.01. The number of hydrogen-bond acceptors (Lipinski definition) is 2. The minimum Gasteiger partial charge on any atom is -0.508 e. The van der Waals surface area contributed by atoms with Crippen LogP contribution in [0.4, 0.5) is 0 Å². The van der Waals surface area contributed by atoms with Gasteiger partial charge in [0.25, 0.3) is 0 Å². The normalized spacial score (nSPS) is 8.08. The van der Waals surface area contributed by atoms with Crippen LogP contribution in [0.15, 0.2) is 24.3 Å². The smallest absolute Gasteiger partial charge is 0.115 e. The first kappa shape index (κ1) is 14.1. The summed E-state index contributed by atoms with van der Waals surface area (Å²) in [4.78, 5) is 0. The van der Waals surface area contributed by atoms with Gasteiger partial charge in [0.2, 0.25) is 0 Å². The van der Waals surface area contributed by atoms with Crippen molar-refractivity contribution in [1.82, 2.24) is 0 Å². The monoisotopic (exact) mass is 209 g/mol. The van der Waals surface area contributed by atoms with Crippen molar-refractivity contribution in [1.29, 1.82) is 0 Å². The van der Waals surface area contributed by atoms with Crippen LogP contribution in [-0.4, -0.2) is 11.7 Å². The van der Waals surface area contributed by atoms with Crippen molar-refractivity contribution in [2.45, 2.75) is 6.42 Å². The maximum atomic E-state index is 8.89. The van der Waals surface area contributed by atoms with Crippen LogP contribution >= 0.6 is 24.8 Å². The van der Waals surface area contributed by atoms with Gasteiger partial charge in [-0.2, -0.15) is 0 Å². The van der Waals surface area contributed by atoms with Crippen molar-refractivity contribution in [2.24, 2.45) is 5.73 Å². The van der Waals surface area contributed by atoms with E-state index in [4.69, 9.17) is 10.8 Å². The molecule has 0 unspecified atom stereocenters. The van der Waals surface area contributed by atoms with E-state index in [0.29, 0.717) is 12.3 Å². The molecule has 3 N–H and O–H groups in total. The Hall–Kier alpha value is -0.440. The Morgan fingerprint density at radius 2 is 1.58 bits per heavy atom. The van der Waals surface area contributed by atoms with Crippen LogP contribution in [-0.2, 0) is 6.42 Å². The van der Waals surface area contributed by atoms with E-state index in [-0.39, 0.29) is 24.8 Å². The lowest BCUT2D eigenvalue weighted by atomic mass is 10.1. The quantitative estimate of drug-likeness (QED) is 0.780. The van der Waals surface area contributed by atoms with Gasteiger partial charge >= 0.3 is 0 Å². The molecule has 1 rings (SSSR count). The van der Waals surface area contributed by atoms with E-state index in [1.807, 2.05) is 12.1 Å². The molecule has 12 heavy (non-hydrogen) atoms. The molecule has 1 aromatic carbocycles. The molecule has 0 aliphatic heterocycles. The molecule has 0 aliphatic carbocycles. The fourth-order valence-corrected chi connectivity index (χ4v) is 0.829. The summed E-state index contributed by atoms with van der Waals surface area (Å²) < 4.78 is 0. The number of nitrogens with two attached hydrogens (primary N) is 1. The number of phenolic OH excluding ortho intramolecular Hbond substituents is 1. The first-order valence-electron chi connectivity index (χ1n) is 3.31. The van der Waals surface area contributed by atoms with Crippen LogP contribution in [0.3, 0.4) is 0 Å². The Morgan fingerprint density at radius 3 is 2.00 bits per heavy atom. The molecular weight excluding hydrogens is 197 g/mol. The van der Waals surface area contributed by atoms with Gasteiger partial charge in [0, 0.05) is 0 Å². The Bertz CT molecular complexity index is 201. The van der Waals surface area contributed by atoms with E-state index in [0.717, 1.165) is 6.42 Å². The van der Waals surface area contributed by atoms with Crippen molar-refractivity contribution in [3.05, 3.63) is 29.8 Å². The SMILES string of the molecule is Cl.Cl.NCCc1ccc(O)cc1. The van der Waals surface area contributed by atoms with Gasteiger partial charge in [-0.05, 0) is 30.7 Å². The summed E-state index contributed by atoms with van der Waals surface area (Å²) in [7, 11) is 0. The molecule has 0 bridgehead atoms. The zero-order valence-corrected chi connectivity index (χ0v) is 8.20. The molecule has 0 atom stereocenters. The third kappa shape index (κ3) is 4.44. The largest absolute Gasteiger partial charge is 0.508 e. The standard InChI is InChI=1S/C8H11NO.2ClH/c9-6-5-7-1-3-8(10)4-2-7;;/h1-4,10H,5-6,9H2;2*1H. The maximum absolute atomic E-state index is 8.89. The molecule has 0 fully saturated rings. The minimum atomic E-state index is 0. The number of halogens is 2. The average Bonchev–Trinajstić information content (AvgIpc) is 1.95. The molecule has 70 valence electrons. The first-order chi connectivity index (χ1) is 4.83. The number of aromatic hydroxyl groups is 1. The third-order valence-corrected chi connectivity index (χ3v) is 1.37. The molecule has 0 aromatic heterocycles. The molecule has 4 heteroatoms. The number of hydrogen-bond donors (Lipinski definition) is 2. The second kappa shape index (κ2) is 7.22. The van der Waals surface area contributed by atoms with Gasteiger partial charge in [-0.25, -0.2) is 0 Å². The maximum Gasteiger partial charge on any atom is 0.115 e. The summed E-state index contributed by atoms with van der Waals surface area (Å²) in [6.45, 7) is 0.658. The fourth-order valence-electron chi connectivity index (χ4n) is 0.829. The van der Waals surface area contributed by atoms with Crippen molar-refractivity contribution in [2.75, 3.05) is 6.54 Å². The highest BCUT2D eigenvalue weighted by Gasteiger charge is 1.89. The first-order valence-corrected chi connectivity index (χ1v) is 3.31. The summed E-state index contributed by atoms with van der Waals surface area (Å²) in [5.74, 6) is 0.306. The Kier molecular flexibility index (Phi) is 8.49. The van der Waals surface area contributed by atoms with Gasteiger partial charge in [-0.1, -0.05) is 12.1 Å². The van der Waals surface area contributed by atoms with Crippen molar-refractivity contribution in [3.8, 4) is 5.75 Å². The van der Waals surface area contributed by atoms with Crippen molar-refractivity contribution >= 4 is 24.8 Å². The summed E-state index contributed by atoms with van der Waals surface area (Å²) >= 11 is 0. The van der Waals surface area contributed by atoms with Gasteiger partial charge in [0.05, 0.1) is 0 Å². The fraction of sp³-hybridized carbons (Fsp3) is 0.250. The van der Waals surface area contributed by atoms with Gasteiger partial charge in [-0.15, -0.1) is 24.8 Å². The van der Waals surface area contributed by atoms with Gasteiger partial charge in [-0.3, -0.25) is 0 Å². The van der Waals surface area contributed by atoms with Crippen molar-refractivity contribution < 1.29 is 5.11 Å². The topological polar surface area (TPSA) is 46.2 Å². The van der Waals surface area contributed by atoms with Gasteiger partial charge in [0.1, 0.15) is 5.75 Å². The van der Waals surface area contributed by atoms with E-state index >= 15 is 0 Å².